The smallest absolute Gasteiger partial charge is 0.244 e. The van der Waals surface area contributed by atoms with Crippen LogP contribution in [0.25, 0.3) is 0 Å². The first-order valence-electron chi connectivity index (χ1n) is 11.3. The average Bonchev–Trinajstić information content (AvgIpc) is 2.75. The first-order valence-corrected chi connectivity index (χ1v) is 13.9. The number of halogens is 2. The maximum Gasteiger partial charge on any atom is 0.244 e. The lowest BCUT2D eigenvalue weighted by molar-refractivity contribution is -0.139. The summed E-state index contributed by atoms with van der Waals surface area (Å²) in [4.78, 5) is 27.8. The molecule has 2 amide bonds. The minimum absolute atomic E-state index is 0.00955. The lowest BCUT2D eigenvalue weighted by Crippen LogP contribution is -2.51. The molecule has 0 bridgehead atoms. The fourth-order valence-electron chi connectivity index (χ4n) is 3.36. The van der Waals surface area contributed by atoms with Crippen molar-refractivity contribution in [3.05, 3.63) is 63.1 Å². The van der Waals surface area contributed by atoms with Gasteiger partial charge in [0.05, 0.1) is 11.9 Å². The van der Waals surface area contributed by atoms with E-state index in [9.17, 15) is 18.0 Å². The first kappa shape index (κ1) is 28.9. The zero-order valence-corrected chi connectivity index (χ0v) is 23.3. The van der Waals surface area contributed by atoms with Crippen LogP contribution in [0.15, 0.2) is 36.4 Å². The molecule has 35 heavy (non-hydrogen) atoms. The van der Waals surface area contributed by atoms with Gasteiger partial charge < -0.3 is 10.2 Å². The molecule has 1 N–H and O–H groups in total. The summed E-state index contributed by atoms with van der Waals surface area (Å²) in [5.74, 6) is -0.646. The van der Waals surface area contributed by atoms with Gasteiger partial charge in [0.15, 0.2) is 0 Å². The Labute approximate surface area is 218 Å². The SMILES string of the molecule is Cc1ccc(N(CC(=O)N(Cc2ccc(Cl)cc2Cl)C(C)C(=O)NCC(C)C)S(C)(=O)=O)cc1C. The molecule has 0 saturated heterocycles. The Hall–Kier alpha value is -2.29. The van der Waals surface area contributed by atoms with E-state index in [1.165, 1.54) is 4.90 Å². The summed E-state index contributed by atoms with van der Waals surface area (Å²) in [6.07, 6.45) is 1.05. The van der Waals surface area contributed by atoms with Gasteiger partial charge in [0.2, 0.25) is 21.8 Å². The number of hydrogen-bond donors (Lipinski definition) is 1. The molecule has 0 aliphatic heterocycles. The molecule has 0 radical (unpaired) electrons. The molecule has 1 unspecified atom stereocenters. The number of rotatable bonds is 10. The van der Waals surface area contributed by atoms with Crippen molar-refractivity contribution >= 4 is 50.7 Å². The van der Waals surface area contributed by atoms with Gasteiger partial charge in [-0.2, -0.15) is 0 Å². The molecule has 0 aromatic heterocycles. The highest BCUT2D eigenvalue weighted by molar-refractivity contribution is 7.92. The van der Waals surface area contributed by atoms with E-state index < -0.39 is 28.5 Å². The predicted octanol–water partition coefficient (Wildman–Crippen LogP) is 4.57. The van der Waals surface area contributed by atoms with E-state index in [4.69, 9.17) is 23.2 Å². The number of nitrogens with one attached hydrogen (secondary N) is 1. The molecule has 0 saturated carbocycles. The summed E-state index contributed by atoms with van der Waals surface area (Å²) in [5.41, 5.74) is 2.87. The van der Waals surface area contributed by atoms with Crippen molar-refractivity contribution in [1.29, 1.82) is 0 Å². The summed E-state index contributed by atoms with van der Waals surface area (Å²) in [6.45, 7) is 9.33. The largest absolute Gasteiger partial charge is 0.354 e. The van der Waals surface area contributed by atoms with Crippen LogP contribution in [0.3, 0.4) is 0 Å². The molecule has 10 heteroatoms. The molecular formula is C25H33Cl2N3O4S. The number of hydrogen-bond acceptors (Lipinski definition) is 4. The Morgan fingerprint density at radius 1 is 1.00 bits per heavy atom. The van der Waals surface area contributed by atoms with Crippen LogP contribution in [-0.2, 0) is 26.2 Å². The third kappa shape index (κ3) is 8.12. The summed E-state index contributed by atoms with van der Waals surface area (Å²) >= 11 is 12.4. The Morgan fingerprint density at radius 3 is 2.20 bits per heavy atom. The van der Waals surface area contributed by atoms with E-state index in [-0.39, 0.29) is 18.4 Å². The van der Waals surface area contributed by atoms with Crippen molar-refractivity contribution in [3.8, 4) is 0 Å². The Kier molecular flexibility index (Phi) is 10.0. The van der Waals surface area contributed by atoms with Crippen LogP contribution in [0.1, 0.15) is 37.5 Å². The Morgan fingerprint density at radius 2 is 1.66 bits per heavy atom. The number of carbonyl (C=O) groups excluding carboxylic acids is 2. The number of aryl methyl sites for hydroxylation is 2. The number of carbonyl (C=O) groups is 2. The topological polar surface area (TPSA) is 86.8 Å². The number of anilines is 1. The first-order chi connectivity index (χ1) is 16.2. The maximum atomic E-state index is 13.6. The van der Waals surface area contributed by atoms with Crippen LogP contribution < -0.4 is 9.62 Å². The van der Waals surface area contributed by atoms with Gasteiger partial charge in [-0.3, -0.25) is 13.9 Å². The van der Waals surface area contributed by atoms with E-state index in [1.807, 2.05) is 27.7 Å². The summed E-state index contributed by atoms with van der Waals surface area (Å²) < 4.78 is 26.4. The molecule has 2 rings (SSSR count). The second-order valence-corrected chi connectivity index (χ2v) is 11.9. The van der Waals surface area contributed by atoms with Crippen LogP contribution in [0.2, 0.25) is 10.0 Å². The molecule has 192 valence electrons. The van der Waals surface area contributed by atoms with E-state index in [0.717, 1.165) is 21.7 Å². The van der Waals surface area contributed by atoms with Crippen molar-refractivity contribution < 1.29 is 18.0 Å². The normalized spacial score (nSPS) is 12.4. The van der Waals surface area contributed by atoms with Crippen LogP contribution in [0, 0.1) is 19.8 Å². The molecule has 1 atom stereocenters. The molecule has 0 fully saturated rings. The second-order valence-electron chi connectivity index (χ2n) is 9.11. The molecule has 0 aliphatic carbocycles. The molecule has 0 heterocycles. The lowest BCUT2D eigenvalue weighted by atomic mass is 10.1. The quantitative estimate of drug-likeness (QED) is 0.477. The van der Waals surface area contributed by atoms with Crippen molar-refractivity contribution in [2.24, 2.45) is 5.92 Å². The summed E-state index contributed by atoms with van der Waals surface area (Å²) in [7, 11) is -3.79. The van der Waals surface area contributed by atoms with Gasteiger partial charge in [-0.05, 0) is 67.6 Å². The van der Waals surface area contributed by atoms with Crippen molar-refractivity contribution in [3.63, 3.8) is 0 Å². The number of benzene rings is 2. The van der Waals surface area contributed by atoms with Gasteiger partial charge >= 0.3 is 0 Å². The predicted molar refractivity (Wildman–Crippen MR) is 142 cm³/mol. The van der Waals surface area contributed by atoms with Gasteiger partial charge in [0.25, 0.3) is 0 Å². The van der Waals surface area contributed by atoms with E-state index in [1.54, 1.807) is 43.3 Å². The molecule has 7 nitrogen and oxygen atoms in total. The number of amides is 2. The summed E-state index contributed by atoms with van der Waals surface area (Å²) in [5, 5.41) is 3.63. The second kappa shape index (κ2) is 12.1. The van der Waals surface area contributed by atoms with Crippen LogP contribution >= 0.6 is 23.2 Å². The van der Waals surface area contributed by atoms with Gasteiger partial charge in [-0.25, -0.2) is 8.42 Å². The van der Waals surface area contributed by atoms with Gasteiger partial charge in [0.1, 0.15) is 12.6 Å². The molecule has 2 aromatic carbocycles. The van der Waals surface area contributed by atoms with Crippen molar-refractivity contribution in [1.82, 2.24) is 10.2 Å². The van der Waals surface area contributed by atoms with Crippen LogP contribution in [0.4, 0.5) is 5.69 Å². The van der Waals surface area contributed by atoms with Crippen LogP contribution in [-0.4, -0.2) is 50.5 Å². The van der Waals surface area contributed by atoms with E-state index in [2.05, 4.69) is 5.32 Å². The highest BCUT2D eigenvalue weighted by Gasteiger charge is 2.30. The van der Waals surface area contributed by atoms with Crippen LogP contribution in [0.5, 0.6) is 0 Å². The van der Waals surface area contributed by atoms with Gasteiger partial charge in [-0.15, -0.1) is 0 Å². The molecular weight excluding hydrogens is 509 g/mol. The minimum Gasteiger partial charge on any atom is -0.354 e. The number of sulfonamides is 1. The van der Waals surface area contributed by atoms with Crippen molar-refractivity contribution in [2.45, 2.75) is 47.2 Å². The third-order valence-electron chi connectivity index (χ3n) is 5.67. The maximum absolute atomic E-state index is 13.6. The highest BCUT2D eigenvalue weighted by atomic mass is 35.5. The summed E-state index contributed by atoms with van der Waals surface area (Å²) in [6, 6.07) is 9.21. The highest BCUT2D eigenvalue weighted by Crippen LogP contribution is 2.25. The molecule has 0 aliphatic rings. The minimum atomic E-state index is -3.79. The zero-order chi connectivity index (χ0) is 26.5. The van der Waals surface area contributed by atoms with Gasteiger partial charge in [-0.1, -0.05) is 49.2 Å². The Bertz CT molecular complexity index is 1190. The Balaban J connectivity index is 2.42. The fourth-order valence-corrected chi connectivity index (χ4v) is 4.67. The van der Waals surface area contributed by atoms with E-state index >= 15 is 0 Å². The third-order valence-corrected chi connectivity index (χ3v) is 7.39. The standard InChI is InChI=1S/C25H33Cl2N3O4S/c1-16(2)13-28-25(32)19(5)29(14-20-8-9-21(26)12-23(20)27)24(31)15-30(35(6,33)34)22-10-7-17(3)18(4)11-22/h7-12,16,19H,13-15H2,1-6H3,(H,28,32). The fraction of sp³-hybridized carbons (Fsp3) is 0.440. The van der Waals surface area contributed by atoms with E-state index in [0.29, 0.717) is 27.8 Å². The average molecular weight is 543 g/mol. The monoisotopic (exact) mass is 541 g/mol. The molecule has 0 spiro atoms. The molecule has 2 aromatic rings. The van der Waals surface area contributed by atoms with Gasteiger partial charge in [0, 0.05) is 23.1 Å². The lowest BCUT2D eigenvalue weighted by Gasteiger charge is -2.32. The number of nitrogens with zero attached hydrogens (tertiary/aromatic N) is 2. The zero-order valence-electron chi connectivity index (χ0n) is 20.9. The van der Waals surface area contributed by atoms with Crippen molar-refractivity contribution in [2.75, 3.05) is 23.7 Å².